The molecular weight excluding hydrogens is 254 g/mol. The van der Waals surface area contributed by atoms with Crippen molar-refractivity contribution in [2.45, 2.75) is 27.2 Å². The molecule has 0 saturated heterocycles. The average molecular weight is 279 g/mol. The van der Waals surface area contributed by atoms with Crippen LogP contribution in [0.1, 0.15) is 24.5 Å². The van der Waals surface area contributed by atoms with Crippen LogP contribution in [0.2, 0.25) is 0 Å². The molecule has 0 saturated carbocycles. The Morgan fingerprint density at radius 1 is 1.25 bits per heavy atom. The van der Waals surface area contributed by atoms with Crippen LogP contribution in [-0.2, 0) is 9.53 Å². The fourth-order valence-corrected chi connectivity index (χ4v) is 1.93. The van der Waals surface area contributed by atoms with E-state index < -0.39 is 0 Å². The minimum Gasteiger partial charge on any atom is -0.492 e. The van der Waals surface area contributed by atoms with Crippen LogP contribution in [0.25, 0.3) is 0 Å². The number of aryl methyl sites for hydroxylation is 2. The van der Waals surface area contributed by atoms with Crippen molar-refractivity contribution in [2.24, 2.45) is 0 Å². The molecular formula is C16H25NO3. The molecule has 0 aliphatic rings. The highest BCUT2D eigenvalue weighted by molar-refractivity contribution is 5.69. The Morgan fingerprint density at radius 2 is 2.00 bits per heavy atom. The molecule has 0 amide bonds. The summed E-state index contributed by atoms with van der Waals surface area (Å²) in [6.45, 7) is 9.21. The van der Waals surface area contributed by atoms with E-state index in [0.717, 1.165) is 24.4 Å². The van der Waals surface area contributed by atoms with E-state index in [4.69, 9.17) is 4.74 Å². The van der Waals surface area contributed by atoms with Crippen LogP contribution in [0.15, 0.2) is 18.2 Å². The van der Waals surface area contributed by atoms with Gasteiger partial charge in [-0.1, -0.05) is 19.1 Å². The number of carbonyl (C=O) groups is 1. The zero-order valence-corrected chi connectivity index (χ0v) is 12.9. The highest BCUT2D eigenvalue weighted by Crippen LogP contribution is 2.18. The lowest BCUT2D eigenvalue weighted by molar-refractivity contribution is -0.141. The van der Waals surface area contributed by atoms with Gasteiger partial charge in [0.1, 0.15) is 12.4 Å². The molecule has 0 atom stereocenters. The molecule has 0 fully saturated rings. The molecule has 0 N–H and O–H groups in total. The maximum atomic E-state index is 11.1. The number of ether oxygens (including phenoxy) is 2. The van der Waals surface area contributed by atoms with Crippen molar-refractivity contribution in [1.82, 2.24) is 4.90 Å². The minimum atomic E-state index is -0.168. The van der Waals surface area contributed by atoms with Gasteiger partial charge in [-0.3, -0.25) is 9.69 Å². The van der Waals surface area contributed by atoms with Gasteiger partial charge in [0.2, 0.25) is 0 Å². The van der Waals surface area contributed by atoms with Gasteiger partial charge in [-0.05, 0) is 37.6 Å². The van der Waals surface area contributed by atoms with E-state index in [0.29, 0.717) is 19.6 Å². The van der Waals surface area contributed by atoms with Gasteiger partial charge in [0.05, 0.1) is 13.5 Å². The molecule has 4 heteroatoms. The molecule has 0 heterocycles. The van der Waals surface area contributed by atoms with Crippen LogP contribution in [0.3, 0.4) is 0 Å². The minimum absolute atomic E-state index is 0.168. The number of esters is 1. The molecule has 0 aliphatic carbocycles. The third kappa shape index (κ3) is 5.61. The van der Waals surface area contributed by atoms with Gasteiger partial charge in [-0.25, -0.2) is 0 Å². The van der Waals surface area contributed by atoms with Crippen LogP contribution >= 0.6 is 0 Å². The number of hydrogen-bond acceptors (Lipinski definition) is 4. The monoisotopic (exact) mass is 279 g/mol. The van der Waals surface area contributed by atoms with Crippen molar-refractivity contribution in [3.05, 3.63) is 29.3 Å². The average Bonchev–Trinajstić information content (AvgIpc) is 2.45. The van der Waals surface area contributed by atoms with Gasteiger partial charge in [0.25, 0.3) is 0 Å². The lowest BCUT2D eigenvalue weighted by Gasteiger charge is -2.20. The zero-order chi connectivity index (χ0) is 15.0. The second-order valence-corrected chi connectivity index (χ2v) is 4.88. The van der Waals surface area contributed by atoms with Crippen LogP contribution in [0.4, 0.5) is 0 Å². The molecule has 1 aromatic rings. The van der Waals surface area contributed by atoms with Gasteiger partial charge < -0.3 is 9.47 Å². The molecule has 112 valence electrons. The summed E-state index contributed by atoms with van der Waals surface area (Å²) in [4.78, 5) is 13.3. The molecule has 0 aliphatic heterocycles. The van der Waals surface area contributed by atoms with Crippen LogP contribution in [0.5, 0.6) is 5.75 Å². The standard InChI is InChI=1S/C16H25NO3/c1-5-17(9-8-16(18)19-4)10-11-20-15-12-13(2)6-7-14(15)3/h6-7,12H,5,8-11H2,1-4H3. The van der Waals surface area contributed by atoms with Crippen molar-refractivity contribution in [1.29, 1.82) is 0 Å². The molecule has 1 aromatic carbocycles. The van der Waals surface area contributed by atoms with Crippen molar-refractivity contribution in [3.8, 4) is 5.75 Å². The first-order valence-electron chi connectivity index (χ1n) is 7.06. The van der Waals surface area contributed by atoms with Gasteiger partial charge in [-0.15, -0.1) is 0 Å². The molecule has 4 nitrogen and oxygen atoms in total. The molecule has 0 unspecified atom stereocenters. The zero-order valence-electron chi connectivity index (χ0n) is 12.9. The number of rotatable bonds is 8. The first-order chi connectivity index (χ1) is 9.56. The van der Waals surface area contributed by atoms with E-state index in [-0.39, 0.29) is 5.97 Å². The Balaban J connectivity index is 2.37. The Bertz CT molecular complexity index is 432. The predicted molar refractivity (Wildman–Crippen MR) is 80.2 cm³/mol. The third-order valence-corrected chi connectivity index (χ3v) is 3.32. The summed E-state index contributed by atoms with van der Waals surface area (Å²) in [5, 5.41) is 0. The van der Waals surface area contributed by atoms with E-state index in [1.807, 2.05) is 6.92 Å². The van der Waals surface area contributed by atoms with E-state index in [9.17, 15) is 4.79 Å². The fraction of sp³-hybridized carbons (Fsp3) is 0.562. The second-order valence-electron chi connectivity index (χ2n) is 4.88. The molecule has 0 aromatic heterocycles. The van der Waals surface area contributed by atoms with Gasteiger partial charge in [0.15, 0.2) is 0 Å². The van der Waals surface area contributed by atoms with Crippen molar-refractivity contribution in [2.75, 3.05) is 33.4 Å². The van der Waals surface area contributed by atoms with E-state index in [1.54, 1.807) is 0 Å². The summed E-state index contributed by atoms with van der Waals surface area (Å²) < 4.78 is 10.5. The fourth-order valence-electron chi connectivity index (χ4n) is 1.93. The third-order valence-electron chi connectivity index (χ3n) is 3.32. The van der Waals surface area contributed by atoms with E-state index in [2.05, 4.69) is 41.7 Å². The molecule has 0 radical (unpaired) electrons. The normalized spacial score (nSPS) is 10.7. The summed E-state index contributed by atoms with van der Waals surface area (Å²) in [6, 6.07) is 6.20. The SMILES string of the molecule is CCN(CCOc1cc(C)ccc1C)CCC(=O)OC. The van der Waals surface area contributed by atoms with Crippen molar-refractivity contribution < 1.29 is 14.3 Å². The molecule has 20 heavy (non-hydrogen) atoms. The van der Waals surface area contributed by atoms with E-state index in [1.165, 1.54) is 12.7 Å². The highest BCUT2D eigenvalue weighted by atomic mass is 16.5. The molecule has 0 bridgehead atoms. The van der Waals surface area contributed by atoms with Crippen LogP contribution < -0.4 is 4.74 Å². The summed E-state index contributed by atoms with van der Waals surface area (Å²) in [6.07, 6.45) is 0.424. The number of methoxy groups -OCH3 is 1. The first-order valence-corrected chi connectivity index (χ1v) is 7.06. The Kier molecular flexibility index (Phi) is 7.09. The van der Waals surface area contributed by atoms with Gasteiger partial charge in [-0.2, -0.15) is 0 Å². The lowest BCUT2D eigenvalue weighted by atomic mass is 10.1. The second kappa shape index (κ2) is 8.59. The summed E-state index contributed by atoms with van der Waals surface area (Å²) in [7, 11) is 1.42. The topological polar surface area (TPSA) is 38.8 Å². The largest absolute Gasteiger partial charge is 0.492 e. The molecule has 1 rings (SSSR count). The smallest absolute Gasteiger partial charge is 0.306 e. The number of benzene rings is 1. The van der Waals surface area contributed by atoms with Crippen molar-refractivity contribution in [3.63, 3.8) is 0 Å². The first kappa shape index (κ1) is 16.5. The van der Waals surface area contributed by atoms with Crippen LogP contribution in [-0.4, -0.2) is 44.2 Å². The predicted octanol–water partition coefficient (Wildman–Crippen LogP) is 2.57. The Morgan fingerprint density at radius 3 is 2.65 bits per heavy atom. The van der Waals surface area contributed by atoms with Crippen molar-refractivity contribution >= 4 is 5.97 Å². The van der Waals surface area contributed by atoms with E-state index >= 15 is 0 Å². The highest BCUT2D eigenvalue weighted by Gasteiger charge is 2.07. The summed E-state index contributed by atoms with van der Waals surface area (Å²) in [5.41, 5.74) is 2.34. The quantitative estimate of drug-likeness (QED) is 0.686. The van der Waals surface area contributed by atoms with Crippen LogP contribution in [0, 0.1) is 13.8 Å². The number of hydrogen-bond donors (Lipinski definition) is 0. The van der Waals surface area contributed by atoms with Gasteiger partial charge >= 0.3 is 5.97 Å². The lowest BCUT2D eigenvalue weighted by Crippen LogP contribution is -2.30. The molecule has 0 spiro atoms. The summed E-state index contributed by atoms with van der Waals surface area (Å²) >= 11 is 0. The number of likely N-dealkylation sites (N-methyl/N-ethyl adjacent to an activating group) is 1. The Hall–Kier alpha value is -1.55. The maximum absolute atomic E-state index is 11.1. The maximum Gasteiger partial charge on any atom is 0.306 e. The number of carbonyl (C=O) groups excluding carboxylic acids is 1. The number of nitrogens with zero attached hydrogens (tertiary/aromatic N) is 1. The summed E-state index contributed by atoms with van der Waals surface area (Å²) in [5.74, 6) is 0.771. The Labute approximate surface area is 121 Å². The van der Waals surface area contributed by atoms with Gasteiger partial charge in [0, 0.05) is 13.1 Å².